The number of nitrogens with one attached hydrogen (secondary N) is 2. The Morgan fingerprint density at radius 3 is 2.66 bits per heavy atom. The maximum absolute atomic E-state index is 4.97. The van der Waals surface area contributed by atoms with Gasteiger partial charge in [0.1, 0.15) is 18.2 Å². The fourth-order valence-corrected chi connectivity index (χ4v) is 3.72. The van der Waals surface area contributed by atoms with Gasteiger partial charge in [-0.05, 0) is 19.9 Å². The van der Waals surface area contributed by atoms with Gasteiger partial charge in [0.25, 0.3) is 0 Å². The summed E-state index contributed by atoms with van der Waals surface area (Å²) in [6.45, 7) is 5.00. The Labute approximate surface area is 169 Å². The maximum atomic E-state index is 4.97. The number of hydrogen-bond acceptors (Lipinski definition) is 5. The largest absolute Gasteiger partial charge is 0.337 e. The van der Waals surface area contributed by atoms with Crippen LogP contribution in [0, 0.1) is 0 Å². The minimum atomic E-state index is 0.313. The molecule has 2 aromatic carbocycles. The molecule has 7 nitrogen and oxygen atoms in total. The van der Waals surface area contributed by atoms with Crippen molar-refractivity contribution >= 4 is 16.7 Å². The monoisotopic (exact) mass is 385 g/mol. The van der Waals surface area contributed by atoms with Crippen LogP contribution in [0.5, 0.6) is 0 Å². The zero-order valence-electron chi connectivity index (χ0n) is 16.7. The Kier molecular flexibility index (Phi) is 4.08. The van der Waals surface area contributed by atoms with Gasteiger partial charge >= 0.3 is 0 Å². The zero-order chi connectivity index (χ0) is 20.0. The Morgan fingerprint density at radius 1 is 1.03 bits per heavy atom. The number of hydrogen-bond donors (Lipinski definition) is 2. The number of amidine groups is 1. The highest BCUT2D eigenvalue weighted by Crippen LogP contribution is 2.30. The molecule has 3 heterocycles. The molecule has 2 aromatic heterocycles. The van der Waals surface area contributed by atoms with E-state index in [4.69, 9.17) is 4.98 Å². The number of aryl methyl sites for hydroxylation is 1. The molecule has 0 fully saturated rings. The second-order valence-corrected chi connectivity index (χ2v) is 7.53. The lowest BCUT2D eigenvalue weighted by atomic mass is 10.1. The standard InChI is InChI=1S/C22H23N7/c1-14(2)29-13-23-27-22(29)20-19(25-21(26-20)15-7-5-4-6-8-15)16-9-10-17-12-24-28(3)18(17)11-16/h4-12,14,23H,13H2,1-3H3,(H,25,26). The molecule has 146 valence electrons. The molecule has 0 saturated heterocycles. The highest BCUT2D eigenvalue weighted by Gasteiger charge is 2.27. The van der Waals surface area contributed by atoms with Gasteiger partial charge in [0.2, 0.25) is 0 Å². The summed E-state index contributed by atoms with van der Waals surface area (Å²) in [4.78, 5) is 10.7. The van der Waals surface area contributed by atoms with Crippen LogP contribution >= 0.6 is 0 Å². The van der Waals surface area contributed by atoms with Gasteiger partial charge < -0.3 is 9.88 Å². The van der Waals surface area contributed by atoms with Crippen LogP contribution in [0.15, 0.2) is 59.8 Å². The molecule has 0 radical (unpaired) electrons. The van der Waals surface area contributed by atoms with E-state index in [1.165, 1.54) is 0 Å². The first-order valence-electron chi connectivity index (χ1n) is 9.77. The quantitative estimate of drug-likeness (QED) is 0.563. The minimum Gasteiger partial charge on any atom is -0.337 e. The van der Waals surface area contributed by atoms with E-state index in [1.54, 1.807) is 0 Å². The van der Waals surface area contributed by atoms with Crippen molar-refractivity contribution in [3.05, 3.63) is 60.4 Å². The zero-order valence-corrected chi connectivity index (χ0v) is 16.7. The van der Waals surface area contributed by atoms with E-state index in [0.717, 1.165) is 45.1 Å². The normalized spacial score (nSPS) is 13.9. The van der Waals surface area contributed by atoms with Crippen molar-refractivity contribution in [1.82, 2.24) is 30.1 Å². The van der Waals surface area contributed by atoms with Crippen LogP contribution in [0.3, 0.4) is 0 Å². The van der Waals surface area contributed by atoms with E-state index < -0.39 is 0 Å². The molecule has 0 aliphatic carbocycles. The number of nitrogens with zero attached hydrogens (tertiary/aromatic N) is 5. The summed E-state index contributed by atoms with van der Waals surface area (Å²) < 4.78 is 1.89. The first-order chi connectivity index (χ1) is 14.1. The van der Waals surface area contributed by atoms with Gasteiger partial charge in [-0.1, -0.05) is 42.5 Å². The maximum Gasteiger partial charge on any atom is 0.178 e. The second-order valence-electron chi connectivity index (χ2n) is 7.53. The molecule has 0 unspecified atom stereocenters. The predicted octanol–water partition coefficient (Wildman–Crippen LogP) is 3.56. The number of fused-ring (bicyclic) bond motifs is 1. The molecular formula is C22H23N7. The third kappa shape index (κ3) is 2.95. The molecule has 5 rings (SSSR count). The highest BCUT2D eigenvalue weighted by atomic mass is 15.5. The lowest BCUT2D eigenvalue weighted by Crippen LogP contribution is -2.36. The van der Waals surface area contributed by atoms with Crippen molar-refractivity contribution in [3.8, 4) is 22.6 Å². The third-order valence-electron chi connectivity index (χ3n) is 5.32. The van der Waals surface area contributed by atoms with Gasteiger partial charge in [-0.3, -0.25) is 10.1 Å². The van der Waals surface area contributed by atoms with E-state index in [0.29, 0.717) is 12.7 Å². The van der Waals surface area contributed by atoms with Crippen molar-refractivity contribution in [2.24, 2.45) is 12.1 Å². The van der Waals surface area contributed by atoms with Gasteiger partial charge in [0.15, 0.2) is 5.84 Å². The van der Waals surface area contributed by atoms with Gasteiger partial charge in [0, 0.05) is 29.6 Å². The molecule has 1 aliphatic rings. The summed E-state index contributed by atoms with van der Waals surface area (Å²) >= 11 is 0. The Balaban J connectivity index is 1.70. The summed E-state index contributed by atoms with van der Waals surface area (Å²) in [5.41, 5.74) is 8.10. The first kappa shape index (κ1) is 17.5. The van der Waals surface area contributed by atoms with E-state index in [2.05, 4.69) is 69.7 Å². The lowest BCUT2D eigenvalue weighted by molar-refractivity contribution is 0.357. The molecule has 0 bridgehead atoms. The van der Waals surface area contributed by atoms with Crippen LogP contribution in [-0.2, 0) is 7.05 Å². The fraction of sp³-hybridized carbons (Fsp3) is 0.227. The summed E-state index contributed by atoms with van der Waals surface area (Å²) in [5, 5.41) is 10.0. The first-order valence-corrected chi connectivity index (χ1v) is 9.77. The number of aromatic amines is 1. The molecule has 4 aromatic rings. The topological polar surface area (TPSA) is 74.1 Å². The van der Waals surface area contributed by atoms with Gasteiger partial charge in [-0.25, -0.2) is 4.98 Å². The van der Waals surface area contributed by atoms with Crippen LogP contribution in [0.2, 0.25) is 0 Å². The number of H-pyrrole nitrogens is 1. The van der Waals surface area contributed by atoms with Crippen molar-refractivity contribution < 1.29 is 0 Å². The summed E-state index contributed by atoms with van der Waals surface area (Å²) in [6, 6.07) is 16.8. The van der Waals surface area contributed by atoms with Gasteiger partial charge in [0.05, 0.1) is 17.4 Å². The van der Waals surface area contributed by atoms with Gasteiger partial charge in [-0.2, -0.15) is 10.2 Å². The number of rotatable bonds is 4. The van der Waals surface area contributed by atoms with Crippen LogP contribution < -0.4 is 5.43 Å². The van der Waals surface area contributed by atoms with Crippen molar-refractivity contribution in [2.75, 3.05) is 6.67 Å². The molecule has 2 N–H and O–H groups in total. The molecule has 29 heavy (non-hydrogen) atoms. The average molecular weight is 385 g/mol. The number of aromatic nitrogens is 4. The number of hydrazone groups is 1. The van der Waals surface area contributed by atoms with E-state index in [1.807, 2.05) is 36.1 Å². The smallest absolute Gasteiger partial charge is 0.178 e. The summed E-state index contributed by atoms with van der Waals surface area (Å²) in [6.07, 6.45) is 1.88. The number of imidazole rings is 1. The second kappa shape index (κ2) is 6.77. The Morgan fingerprint density at radius 2 is 1.86 bits per heavy atom. The SMILES string of the molecule is CC(C)N1CNN=C1c1nc(-c2ccccc2)[nH]c1-c1ccc2cnn(C)c2c1. The summed E-state index contributed by atoms with van der Waals surface area (Å²) in [7, 11) is 1.96. The van der Waals surface area contributed by atoms with E-state index in [-0.39, 0.29) is 0 Å². The average Bonchev–Trinajstić information content (AvgIpc) is 3.46. The molecule has 7 heteroatoms. The van der Waals surface area contributed by atoms with Crippen LogP contribution in [0.1, 0.15) is 19.5 Å². The summed E-state index contributed by atoms with van der Waals surface area (Å²) in [5.74, 6) is 1.69. The van der Waals surface area contributed by atoms with Crippen LogP contribution in [0.25, 0.3) is 33.5 Å². The Hall–Kier alpha value is -3.61. The predicted molar refractivity (Wildman–Crippen MR) is 115 cm³/mol. The van der Waals surface area contributed by atoms with E-state index >= 15 is 0 Å². The van der Waals surface area contributed by atoms with Crippen molar-refractivity contribution in [2.45, 2.75) is 19.9 Å². The Bertz CT molecular complexity index is 1200. The van der Waals surface area contributed by atoms with Crippen LogP contribution in [-0.4, -0.2) is 43.2 Å². The molecule has 0 spiro atoms. The molecule has 0 atom stereocenters. The van der Waals surface area contributed by atoms with E-state index in [9.17, 15) is 0 Å². The van der Waals surface area contributed by atoms with Crippen LogP contribution in [0.4, 0.5) is 0 Å². The number of benzene rings is 2. The minimum absolute atomic E-state index is 0.313. The molecular weight excluding hydrogens is 362 g/mol. The van der Waals surface area contributed by atoms with Crippen molar-refractivity contribution in [1.29, 1.82) is 0 Å². The van der Waals surface area contributed by atoms with Gasteiger partial charge in [-0.15, -0.1) is 0 Å². The molecule has 0 amide bonds. The molecule has 1 aliphatic heterocycles. The lowest BCUT2D eigenvalue weighted by Gasteiger charge is -2.22. The van der Waals surface area contributed by atoms with Crippen molar-refractivity contribution in [3.63, 3.8) is 0 Å². The third-order valence-corrected chi connectivity index (χ3v) is 5.32. The fourth-order valence-electron chi connectivity index (χ4n) is 3.72. The highest BCUT2D eigenvalue weighted by molar-refractivity contribution is 6.04. The molecule has 0 saturated carbocycles.